The predicted molar refractivity (Wildman–Crippen MR) is 54.0 cm³/mol. The molecule has 0 fully saturated rings. The van der Waals surface area contributed by atoms with Crippen LogP contribution >= 0.6 is 11.6 Å². The SMILES string of the molecule is CCNCCNCc1ccc(Cl)o1. The van der Waals surface area contributed by atoms with Crippen LogP contribution in [0.3, 0.4) is 0 Å². The molecular weight excluding hydrogens is 188 g/mol. The summed E-state index contributed by atoms with van der Waals surface area (Å²) in [6.07, 6.45) is 0. The van der Waals surface area contributed by atoms with Gasteiger partial charge in [-0.2, -0.15) is 0 Å². The summed E-state index contributed by atoms with van der Waals surface area (Å²) in [7, 11) is 0. The Labute approximate surface area is 83.5 Å². The molecule has 0 aliphatic rings. The Kier molecular flexibility index (Phi) is 4.90. The van der Waals surface area contributed by atoms with Crippen LogP contribution in [0.25, 0.3) is 0 Å². The molecule has 1 heterocycles. The third kappa shape index (κ3) is 4.31. The molecule has 0 unspecified atom stereocenters. The molecule has 0 amide bonds. The third-order valence-electron chi connectivity index (χ3n) is 1.66. The molecule has 1 aromatic heterocycles. The third-order valence-corrected chi connectivity index (χ3v) is 1.86. The fraction of sp³-hybridized carbons (Fsp3) is 0.556. The van der Waals surface area contributed by atoms with E-state index in [4.69, 9.17) is 16.0 Å². The van der Waals surface area contributed by atoms with Gasteiger partial charge >= 0.3 is 0 Å². The molecule has 1 rings (SSSR count). The number of halogens is 1. The summed E-state index contributed by atoms with van der Waals surface area (Å²) in [4.78, 5) is 0. The van der Waals surface area contributed by atoms with E-state index in [0.717, 1.165) is 31.9 Å². The van der Waals surface area contributed by atoms with E-state index in [-0.39, 0.29) is 0 Å². The van der Waals surface area contributed by atoms with Gasteiger partial charge in [0.05, 0.1) is 6.54 Å². The molecule has 1 aromatic rings. The summed E-state index contributed by atoms with van der Waals surface area (Å²) in [5.74, 6) is 0.876. The highest BCUT2D eigenvalue weighted by atomic mass is 35.5. The number of rotatable bonds is 6. The van der Waals surface area contributed by atoms with Crippen LogP contribution in [-0.4, -0.2) is 19.6 Å². The molecule has 74 valence electrons. The van der Waals surface area contributed by atoms with Crippen LogP contribution in [0.4, 0.5) is 0 Å². The van der Waals surface area contributed by atoms with Crippen molar-refractivity contribution in [1.29, 1.82) is 0 Å². The number of hydrogen-bond donors (Lipinski definition) is 2. The van der Waals surface area contributed by atoms with Gasteiger partial charge in [0.2, 0.25) is 0 Å². The van der Waals surface area contributed by atoms with E-state index in [9.17, 15) is 0 Å². The zero-order chi connectivity index (χ0) is 9.52. The van der Waals surface area contributed by atoms with E-state index in [0.29, 0.717) is 5.22 Å². The van der Waals surface area contributed by atoms with Crippen LogP contribution in [0.1, 0.15) is 12.7 Å². The van der Waals surface area contributed by atoms with Crippen LogP contribution in [0, 0.1) is 0 Å². The number of nitrogens with one attached hydrogen (secondary N) is 2. The van der Waals surface area contributed by atoms with E-state index in [1.165, 1.54) is 0 Å². The second-order valence-corrected chi connectivity index (χ2v) is 3.11. The first-order valence-corrected chi connectivity index (χ1v) is 4.86. The molecule has 0 bridgehead atoms. The molecule has 0 aliphatic carbocycles. The average molecular weight is 203 g/mol. The maximum atomic E-state index is 5.62. The van der Waals surface area contributed by atoms with E-state index < -0.39 is 0 Å². The van der Waals surface area contributed by atoms with E-state index in [1.807, 2.05) is 6.07 Å². The summed E-state index contributed by atoms with van der Waals surface area (Å²) in [5.41, 5.74) is 0. The summed E-state index contributed by atoms with van der Waals surface area (Å²) in [6, 6.07) is 3.63. The second-order valence-electron chi connectivity index (χ2n) is 2.74. The lowest BCUT2D eigenvalue weighted by Crippen LogP contribution is -2.26. The Morgan fingerprint density at radius 2 is 2.08 bits per heavy atom. The van der Waals surface area contributed by atoms with Crippen LogP contribution in [0.15, 0.2) is 16.5 Å². The highest BCUT2D eigenvalue weighted by molar-refractivity contribution is 6.28. The Hall–Kier alpha value is -0.510. The molecule has 0 radical (unpaired) electrons. The van der Waals surface area contributed by atoms with Crippen molar-refractivity contribution in [2.75, 3.05) is 19.6 Å². The van der Waals surface area contributed by atoms with Gasteiger partial charge < -0.3 is 15.1 Å². The fourth-order valence-corrected chi connectivity index (χ4v) is 1.17. The lowest BCUT2D eigenvalue weighted by Gasteiger charge is -2.02. The Morgan fingerprint density at radius 1 is 1.31 bits per heavy atom. The maximum absolute atomic E-state index is 5.62. The molecule has 0 saturated heterocycles. The summed E-state index contributed by atoms with van der Waals surface area (Å²) >= 11 is 5.62. The first-order chi connectivity index (χ1) is 6.33. The van der Waals surface area contributed by atoms with Crippen molar-refractivity contribution in [3.8, 4) is 0 Å². The van der Waals surface area contributed by atoms with Crippen LogP contribution in [-0.2, 0) is 6.54 Å². The lowest BCUT2D eigenvalue weighted by molar-refractivity contribution is 0.482. The molecule has 0 saturated carbocycles. The normalized spacial score (nSPS) is 10.6. The molecule has 0 aromatic carbocycles. The number of hydrogen-bond acceptors (Lipinski definition) is 3. The minimum Gasteiger partial charge on any atom is -0.448 e. The minimum atomic E-state index is 0.448. The van der Waals surface area contributed by atoms with Gasteiger partial charge in [-0.1, -0.05) is 6.92 Å². The first-order valence-electron chi connectivity index (χ1n) is 4.48. The molecule has 0 spiro atoms. The number of furan rings is 1. The van der Waals surface area contributed by atoms with Gasteiger partial charge in [0, 0.05) is 13.1 Å². The lowest BCUT2D eigenvalue weighted by atomic mass is 10.4. The number of likely N-dealkylation sites (N-methyl/N-ethyl adjacent to an activating group) is 1. The van der Waals surface area contributed by atoms with E-state index in [2.05, 4.69) is 17.6 Å². The van der Waals surface area contributed by atoms with Gasteiger partial charge in [0.25, 0.3) is 0 Å². The van der Waals surface area contributed by atoms with Crippen molar-refractivity contribution in [1.82, 2.24) is 10.6 Å². The standard InChI is InChI=1S/C9H15ClN2O/c1-2-11-5-6-12-7-8-3-4-9(10)13-8/h3-4,11-12H,2,5-7H2,1H3. The van der Waals surface area contributed by atoms with Crippen LogP contribution in [0.5, 0.6) is 0 Å². The second kappa shape index (κ2) is 6.02. The first kappa shape index (κ1) is 10.6. The molecular formula is C9H15ClN2O. The smallest absolute Gasteiger partial charge is 0.193 e. The van der Waals surface area contributed by atoms with Gasteiger partial charge in [-0.05, 0) is 30.3 Å². The zero-order valence-corrected chi connectivity index (χ0v) is 8.53. The molecule has 4 heteroatoms. The Morgan fingerprint density at radius 3 is 2.69 bits per heavy atom. The van der Waals surface area contributed by atoms with E-state index >= 15 is 0 Å². The molecule has 3 nitrogen and oxygen atoms in total. The van der Waals surface area contributed by atoms with Gasteiger partial charge in [0.1, 0.15) is 5.76 Å². The fourth-order valence-electron chi connectivity index (χ4n) is 1.01. The van der Waals surface area contributed by atoms with Crippen molar-refractivity contribution in [3.05, 3.63) is 23.1 Å². The molecule has 13 heavy (non-hydrogen) atoms. The minimum absolute atomic E-state index is 0.448. The Bertz CT molecular complexity index is 237. The molecule has 0 atom stereocenters. The van der Waals surface area contributed by atoms with Gasteiger partial charge in [-0.3, -0.25) is 0 Å². The van der Waals surface area contributed by atoms with Crippen LogP contribution < -0.4 is 10.6 Å². The summed E-state index contributed by atoms with van der Waals surface area (Å²) < 4.78 is 5.17. The van der Waals surface area contributed by atoms with Gasteiger partial charge in [-0.15, -0.1) is 0 Å². The molecule has 2 N–H and O–H groups in total. The van der Waals surface area contributed by atoms with Gasteiger partial charge in [-0.25, -0.2) is 0 Å². The van der Waals surface area contributed by atoms with Crippen LogP contribution in [0.2, 0.25) is 5.22 Å². The van der Waals surface area contributed by atoms with Crippen molar-refractivity contribution in [2.45, 2.75) is 13.5 Å². The molecule has 0 aliphatic heterocycles. The van der Waals surface area contributed by atoms with Crippen molar-refractivity contribution in [3.63, 3.8) is 0 Å². The monoisotopic (exact) mass is 202 g/mol. The predicted octanol–water partition coefficient (Wildman–Crippen LogP) is 1.63. The topological polar surface area (TPSA) is 37.2 Å². The summed E-state index contributed by atoms with van der Waals surface area (Å²) in [6.45, 7) is 5.75. The van der Waals surface area contributed by atoms with Gasteiger partial charge in [0.15, 0.2) is 5.22 Å². The highest BCUT2D eigenvalue weighted by Gasteiger charge is 1.97. The average Bonchev–Trinajstić information content (AvgIpc) is 2.51. The summed E-state index contributed by atoms with van der Waals surface area (Å²) in [5, 5.41) is 6.90. The van der Waals surface area contributed by atoms with Crippen molar-refractivity contribution < 1.29 is 4.42 Å². The Balaban J connectivity index is 2.06. The van der Waals surface area contributed by atoms with Crippen molar-refractivity contribution in [2.24, 2.45) is 0 Å². The van der Waals surface area contributed by atoms with E-state index in [1.54, 1.807) is 6.07 Å². The maximum Gasteiger partial charge on any atom is 0.193 e. The largest absolute Gasteiger partial charge is 0.448 e. The zero-order valence-electron chi connectivity index (χ0n) is 7.77. The quantitative estimate of drug-likeness (QED) is 0.689. The van der Waals surface area contributed by atoms with Crippen molar-refractivity contribution >= 4 is 11.6 Å². The highest BCUT2D eigenvalue weighted by Crippen LogP contribution is 2.12.